The van der Waals surface area contributed by atoms with Crippen LogP contribution in [0.4, 0.5) is 4.39 Å². The Labute approximate surface area is 152 Å². The Balaban J connectivity index is 1.77. The number of carbonyl (C=O) groups excluding carboxylic acids is 1. The minimum Gasteiger partial charge on any atom is -0.331 e. The van der Waals surface area contributed by atoms with Crippen molar-refractivity contribution in [2.24, 2.45) is 0 Å². The molecule has 0 aliphatic rings. The van der Waals surface area contributed by atoms with Crippen LogP contribution in [-0.4, -0.2) is 26.9 Å². The molecule has 0 bridgehead atoms. The minimum absolute atomic E-state index is 0.0889. The summed E-state index contributed by atoms with van der Waals surface area (Å²) in [5.41, 5.74) is 2.47. The molecule has 0 aliphatic heterocycles. The Hall–Kier alpha value is -2.95. The highest BCUT2D eigenvalue weighted by Crippen LogP contribution is 2.14. The topological polar surface area (TPSA) is 38.1 Å². The third-order valence-corrected chi connectivity index (χ3v) is 4.38. The van der Waals surface area contributed by atoms with Crippen molar-refractivity contribution in [3.63, 3.8) is 0 Å². The number of amides is 1. The lowest BCUT2D eigenvalue weighted by molar-refractivity contribution is 0.0742. The van der Waals surface area contributed by atoms with Crippen LogP contribution >= 0.6 is 0 Å². The van der Waals surface area contributed by atoms with Gasteiger partial charge >= 0.3 is 0 Å². The van der Waals surface area contributed by atoms with Crippen LogP contribution in [0.2, 0.25) is 0 Å². The summed E-state index contributed by atoms with van der Waals surface area (Å²) >= 11 is 0. The molecular formula is C21H22FN3O. The first-order valence-electron chi connectivity index (χ1n) is 8.68. The average molecular weight is 351 g/mol. The lowest BCUT2D eigenvalue weighted by Gasteiger charge is -2.21. The molecule has 3 rings (SSSR count). The Morgan fingerprint density at radius 1 is 1.15 bits per heavy atom. The van der Waals surface area contributed by atoms with Crippen molar-refractivity contribution in [1.82, 2.24) is 14.5 Å². The van der Waals surface area contributed by atoms with E-state index in [1.165, 1.54) is 23.3 Å². The van der Waals surface area contributed by atoms with Crippen LogP contribution in [-0.2, 0) is 13.1 Å². The normalized spacial score (nSPS) is 10.7. The summed E-state index contributed by atoms with van der Waals surface area (Å²) in [7, 11) is 0. The molecule has 1 amide bonds. The first-order chi connectivity index (χ1) is 12.6. The van der Waals surface area contributed by atoms with Crippen molar-refractivity contribution < 1.29 is 9.18 Å². The van der Waals surface area contributed by atoms with Gasteiger partial charge in [-0.25, -0.2) is 9.37 Å². The second-order valence-corrected chi connectivity index (χ2v) is 6.26. The first-order valence-corrected chi connectivity index (χ1v) is 8.68. The molecule has 134 valence electrons. The molecule has 0 radical (unpaired) electrons. The molecule has 1 aromatic heterocycles. The third kappa shape index (κ3) is 3.99. The van der Waals surface area contributed by atoms with Crippen LogP contribution < -0.4 is 0 Å². The molecule has 26 heavy (non-hydrogen) atoms. The van der Waals surface area contributed by atoms with E-state index in [9.17, 15) is 9.18 Å². The van der Waals surface area contributed by atoms with Gasteiger partial charge < -0.3 is 9.47 Å². The largest absolute Gasteiger partial charge is 0.331 e. The smallest absolute Gasteiger partial charge is 0.257 e. The predicted octanol–water partition coefficient (Wildman–Crippen LogP) is 4.04. The summed E-state index contributed by atoms with van der Waals surface area (Å²) in [6, 6.07) is 14.4. The molecule has 0 N–H and O–H groups in total. The summed E-state index contributed by atoms with van der Waals surface area (Å²) in [5, 5.41) is 0. The number of aryl methyl sites for hydroxylation is 1. The lowest BCUT2D eigenvalue weighted by Crippen LogP contribution is -2.32. The van der Waals surface area contributed by atoms with Crippen LogP contribution in [0.15, 0.2) is 60.9 Å². The molecule has 0 spiro atoms. The first kappa shape index (κ1) is 17.9. The zero-order valence-electron chi connectivity index (χ0n) is 15.0. The van der Waals surface area contributed by atoms with Crippen molar-refractivity contribution in [1.29, 1.82) is 0 Å². The second kappa shape index (κ2) is 7.95. The molecule has 0 atom stereocenters. The molecule has 5 heteroatoms. The van der Waals surface area contributed by atoms with E-state index in [0.29, 0.717) is 19.6 Å². The van der Waals surface area contributed by atoms with Gasteiger partial charge in [-0.2, -0.15) is 0 Å². The molecule has 0 unspecified atom stereocenters. The lowest BCUT2D eigenvalue weighted by atomic mass is 10.1. The van der Waals surface area contributed by atoms with E-state index >= 15 is 0 Å². The van der Waals surface area contributed by atoms with Gasteiger partial charge in [-0.3, -0.25) is 4.79 Å². The van der Waals surface area contributed by atoms with Gasteiger partial charge in [-0.15, -0.1) is 0 Å². The van der Waals surface area contributed by atoms with Crippen molar-refractivity contribution >= 4 is 5.91 Å². The van der Waals surface area contributed by atoms with Crippen LogP contribution in [0.25, 0.3) is 0 Å². The van der Waals surface area contributed by atoms with Gasteiger partial charge in [-0.05, 0) is 31.5 Å². The van der Waals surface area contributed by atoms with Gasteiger partial charge in [0.05, 0.1) is 12.1 Å². The number of hydrogen-bond acceptors (Lipinski definition) is 2. The fourth-order valence-corrected chi connectivity index (χ4v) is 2.83. The monoisotopic (exact) mass is 351 g/mol. The third-order valence-electron chi connectivity index (χ3n) is 4.38. The highest BCUT2D eigenvalue weighted by Gasteiger charge is 2.19. The fourth-order valence-electron chi connectivity index (χ4n) is 2.83. The van der Waals surface area contributed by atoms with E-state index in [1.807, 2.05) is 17.7 Å². The summed E-state index contributed by atoms with van der Waals surface area (Å²) in [5.74, 6) is -0.0495. The van der Waals surface area contributed by atoms with Crippen molar-refractivity contribution in [2.75, 3.05) is 6.54 Å². The van der Waals surface area contributed by atoms with Gasteiger partial charge in [0.2, 0.25) is 0 Å². The molecule has 0 saturated heterocycles. The highest BCUT2D eigenvalue weighted by atomic mass is 19.1. The van der Waals surface area contributed by atoms with Gasteiger partial charge in [0.15, 0.2) is 0 Å². The maximum absolute atomic E-state index is 13.9. The number of hydrogen-bond donors (Lipinski definition) is 0. The molecule has 0 fully saturated rings. The number of benzene rings is 2. The van der Waals surface area contributed by atoms with Gasteiger partial charge in [0.1, 0.15) is 11.6 Å². The minimum atomic E-state index is -0.501. The van der Waals surface area contributed by atoms with Crippen LogP contribution in [0, 0.1) is 12.7 Å². The molecular weight excluding hydrogens is 329 g/mol. The second-order valence-electron chi connectivity index (χ2n) is 6.26. The molecule has 0 aliphatic carbocycles. The van der Waals surface area contributed by atoms with Gasteiger partial charge in [-0.1, -0.05) is 42.0 Å². The summed E-state index contributed by atoms with van der Waals surface area (Å²) < 4.78 is 16.0. The van der Waals surface area contributed by atoms with E-state index in [-0.39, 0.29) is 11.5 Å². The molecule has 2 aromatic carbocycles. The number of rotatable bonds is 6. The Morgan fingerprint density at radius 3 is 2.58 bits per heavy atom. The Kier molecular flexibility index (Phi) is 5.46. The van der Waals surface area contributed by atoms with E-state index in [4.69, 9.17) is 0 Å². The number of halogens is 1. The predicted molar refractivity (Wildman–Crippen MR) is 99.3 cm³/mol. The Morgan fingerprint density at radius 2 is 1.88 bits per heavy atom. The molecule has 1 heterocycles. The van der Waals surface area contributed by atoms with E-state index < -0.39 is 5.82 Å². The maximum Gasteiger partial charge on any atom is 0.257 e. The number of imidazole rings is 1. The average Bonchev–Trinajstić information content (AvgIpc) is 3.08. The van der Waals surface area contributed by atoms with Crippen molar-refractivity contribution in [3.05, 3.63) is 89.3 Å². The summed E-state index contributed by atoms with van der Waals surface area (Å²) in [4.78, 5) is 18.7. The maximum atomic E-state index is 13.9. The van der Waals surface area contributed by atoms with Crippen LogP contribution in [0.1, 0.15) is 34.2 Å². The van der Waals surface area contributed by atoms with Crippen molar-refractivity contribution in [2.45, 2.75) is 26.9 Å². The fraction of sp³-hybridized carbons (Fsp3) is 0.238. The van der Waals surface area contributed by atoms with Gasteiger partial charge in [0.25, 0.3) is 5.91 Å². The molecule has 4 nitrogen and oxygen atoms in total. The van der Waals surface area contributed by atoms with Crippen LogP contribution in [0.5, 0.6) is 0 Å². The number of carbonyl (C=O) groups is 1. The zero-order valence-corrected chi connectivity index (χ0v) is 15.0. The summed E-state index contributed by atoms with van der Waals surface area (Å²) in [6.07, 6.45) is 3.63. The standard InChI is InChI=1S/C21H22FN3O/c1-3-24(21(26)18-6-4-5-7-19(18)22)15-20-23-12-13-25(20)14-17-10-8-16(2)9-11-17/h4-13H,3,14-15H2,1-2H3. The number of nitrogens with zero attached hydrogens (tertiary/aromatic N) is 3. The quantitative estimate of drug-likeness (QED) is 0.672. The molecule has 0 saturated carbocycles. The summed E-state index contributed by atoms with van der Waals surface area (Å²) in [6.45, 7) is 5.43. The SMILES string of the molecule is CCN(Cc1nccn1Cc1ccc(C)cc1)C(=O)c1ccccc1F. The zero-order chi connectivity index (χ0) is 18.5. The number of aromatic nitrogens is 2. The van der Waals surface area contributed by atoms with Crippen molar-refractivity contribution in [3.8, 4) is 0 Å². The van der Waals surface area contributed by atoms with E-state index in [1.54, 1.807) is 23.2 Å². The molecule has 3 aromatic rings. The van der Waals surface area contributed by atoms with E-state index in [0.717, 1.165) is 5.82 Å². The van der Waals surface area contributed by atoms with Crippen LogP contribution in [0.3, 0.4) is 0 Å². The highest BCUT2D eigenvalue weighted by molar-refractivity contribution is 5.94. The van der Waals surface area contributed by atoms with E-state index in [2.05, 4.69) is 36.2 Å². The Bertz CT molecular complexity index is 886. The van der Waals surface area contributed by atoms with Gasteiger partial charge in [0, 0.05) is 25.5 Å².